The smallest absolute Gasteiger partial charge is 0.153 e. The Kier molecular flexibility index (Phi) is 1.68. The van der Waals surface area contributed by atoms with Gasteiger partial charge in [0, 0.05) is 6.42 Å². The summed E-state index contributed by atoms with van der Waals surface area (Å²) in [6.07, 6.45) is 3.09. The van der Waals surface area contributed by atoms with Crippen LogP contribution in [0.25, 0.3) is 0 Å². The number of hydrogen-bond donors (Lipinski definition) is 0. The highest BCUT2D eigenvalue weighted by atomic mass is 16.3. The van der Waals surface area contributed by atoms with E-state index in [9.17, 15) is 4.79 Å². The first-order valence-corrected chi connectivity index (χ1v) is 2.89. The normalized spacial score (nSPS) is 9.44. The van der Waals surface area contributed by atoms with Gasteiger partial charge in [-0.1, -0.05) is 6.92 Å². The van der Waals surface area contributed by atoms with Gasteiger partial charge in [0.05, 0.1) is 5.56 Å². The largest absolute Gasteiger partial charge is 0.469 e. The lowest BCUT2D eigenvalue weighted by Crippen LogP contribution is -1.71. The molecule has 0 saturated heterocycles. The van der Waals surface area contributed by atoms with Gasteiger partial charge in [0.2, 0.25) is 0 Å². The third-order valence-electron chi connectivity index (χ3n) is 1.16. The molecule has 0 unspecified atom stereocenters. The van der Waals surface area contributed by atoms with Gasteiger partial charge in [0.25, 0.3) is 0 Å². The van der Waals surface area contributed by atoms with E-state index in [0.29, 0.717) is 5.56 Å². The van der Waals surface area contributed by atoms with E-state index in [2.05, 4.69) is 0 Å². The molecule has 0 N–H and O–H groups in total. The zero-order valence-corrected chi connectivity index (χ0v) is 5.26. The standard InChI is InChI=1S/C7H8O2/c1-2-7-3-6(4-8)5-9-7/h3-5H,2H2,1H3. The molecule has 48 valence electrons. The molecule has 0 saturated carbocycles. The van der Waals surface area contributed by atoms with Crippen LogP contribution in [0.3, 0.4) is 0 Å². The van der Waals surface area contributed by atoms with E-state index < -0.39 is 0 Å². The minimum absolute atomic E-state index is 0.617. The van der Waals surface area contributed by atoms with Crippen molar-refractivity contribution in [3.63, 3.8) is 0 Å². The number of rotatable bonds is 2. The molecular weight excluding hydrogens is 116 g/mol. The summed E-state index contributed by atoms with van der Waals surface area (Å²) in [6.45, 7) is 1.98. The molecule has 0 fully saturated rings. The number of aldehydes is 1. The van der Waals surface area contributed by atoms with Crippen molar-refractivity contribution < 1.29 is 9.21 Å². The second kappa shape index (κ2) is 2.49. The molecule has 0 amide bonds. The highest BCUT2D eigenvalue weighted by Crippen LogP contribution is 2.04. The van der Waals surface area contributed by atoms with E-state index in [-0.39, 0.29) is 0 Å². The first kappa shape index (κ1) is 6.08. The van der Waals surface area contributed by atoms with Gasteiger partial charge in [-0.2, -0.15) is 0 Å². The van der Waals surface area contributed by atoms with Crippen LogP contribution in [-0.4, -0.2) is 6.29 Å². The molecule has 1 rings (SSSR count). The fraction of sp³-hybridized carbons (Fsp3) is 0.286. The lowest BCUT2D eigenvalue weighted by atomic mass is 10.3. The van der Waals surface area contributed by atoms with E-state index in [1.165, 1.54) is 6.26 Å². The van der Waals surface area contributed by atoms with Crippen LogP contribution in [0.15, 0.2) is 16.7 Å². The summed E-state index contributed by atoms with van der Waals surface area (Å²) in [6, 6.07) is 1.74. The fourth-order valence-corrected chi connectivity index (χ4v) is 0.645. The molecule has 0 aromatic carbocycles. The third kappa shape index (κ3) is 1.19. The van der Waals surface area contributed by atoms with Crippen LogP contribution in [-0.2, 0) is 6.42 Å². The molecular formula is C7H8O2. The SMILES string of the molecule is CCc1cc(C=O)co1. The Morgan fingerprint density at radius 1 is 1.78 bits per heavy atom. The minimum atomic E-state index is 0.617. The molecule has 2 nitrogen and oxygen atoms in total. The Balaban J connectivity index is 2.86. The quantitative estimate of drug-likeness (QED) is 0.561. The second-order valence-corrected chi connectivity index (χ2v) is 1.82. The maximum absolute atomic E-state index is 10.1. The average Bonchev–Trinajstić information content (AvgIpc) is 2.34. The predicted molar refractivity (Wildman–Crippen MR) is 33.5 cm³/mol. The fourth-order valence-electron chi connectivity index (χ4n) is 0.645. The second-order valence-electron chi connectivity index (χ2n) is 1.82. The molecule has 1 aromatic rings. The molecule has 1 heterocycles. The van der Waals surface area contributed by atoms with Gasteiger partial charge in [-0.25, -0.2) is 0 Å². The zero-order chi connectivity index (χ0) is 6.69. The molecule has 1 aromatic heterocycles. The molecule has 0 radical (unpaired) electrons. The third-order valence-corrected chi connectivity index (χ3v) is 1.16. The molecule has 0 atom stereocenters. The molecule has 0 spiro atoms. The zero-order valence-electron chi connectivity index (χ0n) is 5.26. The lowest BCUT2D eigenvalue weighted by Gasteiger charge is -1.79. The maximum Gasteiger partial charge on any atom is 0.153 e. The number of carbonyl (C=O) groups excluding carboxylic acids is 1. The van der Waals surface area contributed by atoms with Crippen molar-refractivity contribution in [2.45, 2.75) is 13.3 Å². The van der Waals surface area contributed by atoms with Crippen LogP contribution >= 0.6 is 0 Å². The van der Waals surface area contributed by atoms with E-state index >= 15 is 0 Å². The first-order chi connectivity index (χ1) is 4.36. The van der Waals surface area contributed by atoms with E-state index in [1.54, 1.807) is 6.07 Å². The predicted octanol–water partition coefficient (Wildman–Crippen LogP) is 1.65. The maximum atomic E-state index is 10.1. The van der Waals surface area contributed by atoms with E-state index in [1.807, 2.05) is 6.92 Å². The highest BCUT2D eigenvalue weighted by Gasteiger charge is 1.95. The number of carbonyl (C=O) groups is 1. The van der Waals surface area contributed by atoms with Gasteiger partial charge in [-0.3, -0.25) is 4.79 Å². The van der Waals surface area contributed by atoms with Crippen LogP contribution in [0.5, 0.6) is 0 Å². The Labute approximate surface area is 53.5 Å². The van der Waals surface area contributed by atoms with Crippen molar-refractivity contribution in [3.05, 3.63) is 23.7 Å². The van der Waals surface area contributed by atoms with E-state index in [0.717, 1.165) is 18.5 Å². The number of furan rings is 1. The molecule has 0 aliphatic heterocycles. The number of hydrogen-bond acceptors (Lipinski definition) is 2. The van der Waals surface area contributed by atoms with Gasteiger partial charge in [0.15, 0.2) is 6.29 Å². The first-order valence-electron chi connectivity index (χ1n) is 2.89. The molecule has 0 aliphatic rings. The van der Waals surface area contributed by atoms with Gasteiger partial charge in [-0.15, -0.1) is 0 Å². The van der Waals surface area contributed by atoms with Gasteiger partial charge in [-0.05, 0) is 6.07 Å². The van der Waals surface area contributed by atoms with Gasteiger partial charge < -0.3 is 4.42 Å². The van der Waals surface area contributed by atoms with Crippen molar-refractivity contribution in [1.29, 1.82) is 0 Å². The van der Waals surface area contributed by atoms with Crippen molar-refractivity contribution in [1.82, 2.24) is 0 Å². The summed E-state index contributed by atoms with van der Waals surface area (Å²) in [4.78, 5) is 10.1. The summed E-state index contributed by atoms with van der Waals surface area (Å²) in [5, 5.41) is 0. The summed E-state index contributed by atoms with van der Waals surface area (Å²) in [5.41, 5.74) is 0.617. The van der Waals surface area contributed by atoms with Crippen molar-refractivity contribution >= 4 is 6.29 Å². The van der Waals surface area contributed by atoms with Crippen molar-refractivity contribution in [3.8, 4) is 0 Å². The summed E-state index contributed by atoms with van der Waals surface area (Å²) < 4.78 is 4.97. The Bertz CT molecular complexity index is 200. The Morgan fingerprint density at radius 3 is 2.89 bits per heavy atom. The molecule has 9 heavy (non-hydrogen) atoms. The van der Waals surface area contributed by atoms with Crippen LogP contribution in [0.2, 0.25) is 0 Å². The van der Waals surface area contributed by atoms with Crippen LogP contribution < -0.4 is 0 Å². The summed E-state index contributed by atoms with van der Waals surface area (Å²) in [7, 11) is 0. The average molecular weight is 124 g/mol. The molecule has 0 bridgehead atoms. The Hall–Kier alpha value is -1.05. The van der Waals surface area contributed by atoms with Gasteiger partial charge >= 0.3 is 0 Å². The molecule has 0 aliphatic carbocycles. The molecule has 2 heteroatoms. The minimum Gasteiger partial charge on any atom is -0.469 e. The Morgan fingerprint density at radius 2 is 2.56 bits per heavy atom. The van der Waals surface area contributed by atoms with Gasteiger partial charge in [0.1, 0.15) is 12.0 Å². The highest BCUT2D eigenvalue weighted by molar-refractivity contribution is 5.74. The van der Waals surface area contributed by atoms with Crippen molar-refractivity contribution in [2.24, 2.45) is 0 Å². The van der Waals surface area contributed by atoms with Crippen LogP contribution in [0, 0.1) is 0 Å². The van der Waals surface area contributed by atoms with E-state index in [4.69, 9.17) is 4.42 Å². The summed E-state index contributed by atoms with van der Waals surface area (Å²) >= 11 is 0. The van der Waals surface area contributed by atoms with Crippen LogP contribution in [0.1, 0.15) is 23.0 Å². The topological polar surface area (TPSA) is 30.2 Å². The monoisotopic (exact) mass is 124 g/mol. The van der Waals surface area contributed by atoms with Crippen LogP contribution in [0.4, 0.5) is 0 Å². The number of aryl methyl sites for hydroxylation is 1. The summed E-state index contributed by atoms with van der Waals surface area (Å²) in [5.74, 6) is 0.858. The lowest BCUT2D eigenvalue weighted by molar-refractivity contribution is 0.112. The van der Waals surface area contributed by atoms with Crippen molar-refractivity contribution in [2.75, 3.05) is 0 Å².